The lowest BCUT2D eigenvalue weighted by Gasteiger charge is -2.37. The molecule has 0 unspecified atom stereocenters. The van der Waals surface area contributed by atoms with Crippen molar-refractivity contribution in [3.63, 3.8) is 0 Å². The fraction of sp³-hybridized carbons (Fsp3) is 0.606. The standard InChI is InChI=1S/C33H43N5O7/c1-20-25-12-11-23-10-9-22(16-27(23)36-25)13-14-33(17-43-19-44-18-33)32(42)45-28(24-6-3-4-7-24)30(40)35-21(2)31(41)38-15-5-8-26(37-38)29(39)34-20/h9-12,16,20-21,24,26,28,37H,3-8,13-15,17-19H2,1-2H3,(H,34,39)(H,35,40)/t20-,21+,26+,28+/m1/s1. The number of rotatable bonds is 1. The number of cyclic esters (lactones) is 1. The van der Waals surface area contributed by atoms with E-state index in [2.05, 4.69) is 16.1 Å². The lowest BCUT2D eigenvalue weighted by atomic mass is 9.82. The quantitative estimate of drug-likeness (QED) is 0.409. The zero-order chi connectivity index (χ0) is 31.6. The molecular weight excluding hydrogens is 578 g/mol. The van der Waals surface area contributed by atoms with Gasteiger partial charge in [0.2, 0.25) is 5.91 Å². The van der Waals surface area contributed by atoms with E-state index in [4.69, 9.17) is 19.2 Å². The number of benzene rings is 1. The van der Waals surface area contributed by atoms with E-state index in [-0.39, 0.29) is 43.8 Å². The molecule has 2 saturated heterocycles. The third kappa shape index (κ3) is 6.83. The molecule has 1 aromatic carbocycles. The Morgan fingerprint density at radius 1 is 0.889 bits per heavy atom. The largest absolute Gasteiger partial charge is 0.451 e. The van der Waals surface area contributed by atoms with Gasteiger partial charge in [-0.3, -0.25) is 29.2 Å². The first kappa shape index (κ1) is 31.4. The van der Waals surface area contributed by atoms with Crippen molar-refractivity contribution >= 4 is 34.6 Å². The molecule has 3 aliphatic heterocycles. The first-order valence-electron chi connectivity index (χ1n) is 16.2. The Morgan fingerprint density at radius 2 is 1.62 bits per heavy atom. The van der Waals surface area contributed by atoms with E-state index in [0.29, 0.717) is 37.9 Å². The van der Waals surface area contributed by atoms with Crippen LogP contribution in [0.25, 0.3) is 10.9 Å². The maximum absolute atomic E-state index is 14.0. The van der Waals surface area contributed by atoms with Gasteiger partial charge in [0.1, 0.15) is 24.3 Å². The second-order valence-electron chi connectivity index (χ2n) is 13.0. The Kier molecular flexibility index (Phi) is 9.34. The molecule has 3 N–H and O–H groups in total. The molecule has 3 amide bonds. The molecule has 4 atom stereocenters. The number of hydrogen-bond acceptors (Lipinski definition) is 9. The van der Waals surface area contributed by atoms with Crippen LogP contribution in [0.1, 0.15) is 76.1 Å². The highest BCUT2D eigenvalue weighted by Crippen LogP contribution is 2.35. The van der Waals surface area contributed by atoms with Gasteiger partial charge in [-0.1, -0.05) is 31.0 Å². The molecule has 0 radical (unpaired) electrons. The minimum Gasteiger partial charge on any atom is -0.451 e. The predicted molar refractivity (Wildman–Crippen MR) is 163 cm³/mol. The number of carbonyl (C=O) groups is 4. The number of pyridine rings is 1. The molecule has 6 rings (SSSR count). The molecule has 242 valence electrons. The van der Waals surface area contributed by atoms with Gasteiger partial charge in [-0.2, -0.15) is 0 Å². The van der Waals surface area contributed by atoms with E-state index in [0.717, 1.165) is 42.1 Å². The summed E-state index contributed by atoms with van der Waals surface area (Å²) in [7, 11) is 0. The van der Waals surface area contributed by atoms with Crippen molar-refractivity contribution in [1.82, 2.24) is 26.1 Å². The summed E-state index contributed by atoms with van der Waals surface area (Å²) < 4.78 is 17.4. The topological polar surface area (TPSA) is 148 Å². The van der Waals surface area contributed by atoms with Crippen LogP contribution in [0.3, 0.4) is 0 Å². The minimum absolute atomic E-state index is 0.0873. The zero-order valence-corrected chi connectivity index (χ0v) is 26.0. The Balaban J connectivity index is 1.34. The number of carbonyl (C=O) groups excluding carboxylic acids is 4. The van der Waals surface area contributed by atoms with Crippen molar-refractivity contribution in [2.24, 2.45) is 11.3 Å². The van der Waals surface area contributed by atoms with Crippen LogP contribution in [0.2, 0.25) is 0 Å². The highest BCUT2D eigenvalue weighted by atomic mass is 16.7. The van der Waals surface area contributed by atoms with E-state index in [1.54, 1.807) is 6.92 Å². The van der Waals surface area contributed by atoms with Crippen molar-refractivity contribution in [3.8, 4) is 0 Å². The molecule has 3 fully saturated rings. The van der Waals surface area contributed by atoms with Gasteiger partial charge in [-0.05, 0) is 70.1 Å². The van der Waals surface area contributed by atoms with Gasteiger partial charge < -0.3 is 24.8 Å². The van der Waals surface area contributed by atoms with Crippen LogP contribution in [0.5, 0.6) is 0 Å². The fourth-order valence-electron chi connectivity index (χ4n) is 6.88. The highest BCUT2D eigenvalue weighted by molar-refractivity contribution is 5.91. The van der Waals surface area contributed by atoms with Crippen molar-refractivity contribution in [2.75, 3.05) is 26.6 Å². The Morgan fingerprint density at radius 3 is 2.40 bits per heavy atom. The van der Waals surface area contributed by atoms with E-state index >= 15 is 0 Å². The predicted octanol–water partition coefficient (Wildman–Crippen LogP) is 2.45. The molecule has 4 aliphatic rings. The molecular formula is C33H43N5O7. The van der Waals surface area contributed by atoms with Gasteiger partial charge in [-0.15, -0.1) is 0 Å². The third-order valence-corrected chi connectivity index (χ3v) is 9.65. The first-order valence-corrected chi connectivity index (χ1v) is 16.2. The van der Waals surface area contributed by atoms with Crippen LogP contribution in [-0.4, -0.2) is 78.4 Å². The molecule has 5 bridgehead atoms. The van der Waals surface area contributed by atoms with Crippen molar-refractivity contribution in [2.45, 2.75) is 89.4 Å². The van der Waals surface area contributed by atoms with E-state index < -0.39 is 35.5 Å². The lowest BCUT2D eigenvalue weighted by molar-refractivity contribution is -0.203. The first-order chi connectivity index (χ1) is 21.7. The number of hydrogen-bond donors (Lipinski definition) is 3. The van der Waals surface area contributed by atoms with Gasteiger partial charge >= 0.3 is 5.97 Å². The van der Waals surface area contributed by atoms with E-state index in [9.17, 15) is 19.2 Å². The number of nitrogens with one attached hydrogen (secondary N) is 3. The Labute approximate surface area is 262 Å². The van der Waals surface area contributed by atoms with Gasteiger partial charge in [0.05, 0.1) is 30.5 Å². The molecule has 12 nitrogen and oxygen atoms in total. The number of ether oxygens (including phenoxy) is 3. The van der Waals surface area contributed by atoms with E-state index in [1.807, 2.05) is 37.3 Å². The molecule has 2 aromatic rings. The van der Waals surface area contributed by atoms with Crippen LogP contribution in [0.4, 0.5) is 0 Å². The normalized spacial score (nSPS) is 29.0. The Bertz CT molecular complexity index is 1440. The highest BCUT2D eigenvalue weighted by Gasteiger charge is 2.46. The molecule has 1 aromatic heterocycles. The maximum atomic E-state index is 14.0. The van der Waals surface area contributed by atoms with Crippen molar-refractivity contribution in [1.29, 1.82) is 0 Å². The molecule has 1 spiro atoms. The number of esters is 1. The lowest BCUT2D eigenvalue weighted by Crippen LogP contribution is -2.61. The number of amides is 3. The summed E-state index contributed by atoms with van der Waals surface area (Å²) in [6.45, 7) is 4.22. The van der Waals surface area contributed by atoms with Crippen LogP contribution < -0.4 is 16.1 Å². The summed E-state index contributed by atoms with van der Waals surface area (Å²) in [6, 6.07) is 8.02. The molecule has 1 aliphatic carbocycles. The summed E-state index contributed by atoms with van der Waals surface area (Å²) in [5, 5.41) is 8.22. The second kappa shape index (κ2) is 13.4. The average molecular weight is 622 g/mol. The van der Waals surface area contributed by atoms with Crippen LogP contribution >= 0.6 is 0 Å². The monoisotopic (exact) mass is 621 g/mol. The maximum Gasteiger partial charge on any atom is 0.317 e. The number of fused-ring (bicyclic) bond motifs is 4. The Hall–Kier alpha value is -3.61. The summed E-state index contributed by atoms with van der Waals surface area (Å²) in [5.41, 5.74) is 4.45. The second-order valence-corrected chi connectivity index (χ2v) is 13.0. The average Bonchev–Trinajstić information content (AvgIpc) is 3.60. The van der Waals surface area contributed by atoms with Crippen LogP contribution in [0.15, 0.2) is 30.3 Å². The fourth-order valence-corrected chi connectivity index (χ4v) is 6.88. The zero-order valence-electron chi connectivity index (χ0n) is 26.0. The third-order valence-electron chi connectivity index (χ3n) is 9.65. The number of aromatic nitrogens is 1. The molecule has 4 heterocycles. The number of nitrogens with zero attached hydrogens (tertiary/aromatic N) is 2. The van der Waals surface area contributed by atoms with Gasteiger partial charge in [-0.25, -0.2) is 5.43 Å². The van der Waals surface area contributed by atoms with Crippen molar-refractivity contribution in [3.05, 3.63) is 41.6 Å². The molecule has 45 heavy (non-hydrogen) atoms. The summed E-state index contributed by atoms with van der Waals surface area (Å²) in [6.07, 6.45) is 4.45. The molecule has 12 heteroatoms. The number of hydrazine groups is 1. The SMILES string of the molecule is C[C@@H]1NC(=O)[C@H](C2CCCC2)OC(=O)C2(CCc3ccc4ccc(nc4c3)[C@@H](C)NC(=O)[C@@H]3CCCN(N3)C1=O)COCOC2. The molecule has 1 saturated carbocycles. The minimum atomic E-state index is -1.09. The van der Waals surface area contributed by atoms with E-state index in [1.165, 1.54) is 5.01 Å². The van der Waals surface area contributed by atoms with Gasteiger partial charge in [0.25, 0.3) is 11.8 Å². The summed E-state index contributed by atoms with van der Waals surface area (Å²) in [4.78, 5) is 59.3. The summed E-state index contributed by atoms with van der Waals surface area (Å²) >= 11 is 0. The number of aryl methyl sites for hydroxylation is 1. The van der Waals surface area contributed by atoms with Crippen LogP contribution in [-0.2, 0) is 39.8 Å². The van der Waals surface area contributed by atoms with Gasteiger partial charge in [0, 0.05) is 17.8 Å². The van der Waals surface area contributed by atoms with Crippen LogP contribution in [0, 0.1) is 11.3 Å². The van der Waals surface area contributed by atoms with Gasteiger partial charge in [0.15, 0.2) is 6.10 Å². The summed E-state index contributed by atoms with van der Waals surface area (Å²) in [5.74, 6) is -1.77. The smallest absolute Gasteiger partial charge is 0.317 e. The van der Waals surface area contributed by atoms with Crippen molar-refractivity contribution < 1.29 is 33.4 Å².